The number of hydrogen-bond acceptors (Lipinski definition) is 5. The van der Waals surface area contributed by atoms with Crippen LogP contribution in [0.5, 0.6) is 0 Å². The first-order chi connectivity index (χ1) is 8.75. The summed E-state index contributed by atoms with van der Waals surface area (Å²) >= 11 is 1.38. The molecular weight excluding hydrogens is 272 g/mol. The number of carbonyl (C=O) groups is 3. The van der Waals surface area contributed by atoms with Gasteiger partial charge in [-0.25, -0.2) is 4.79 Å². The summed E-state index contributed by atoms with van der Waals surface area (Å²) in [5.41, 5.74) is 5.55. The molecule has 3 atom stereocenters. The third kappa shape index (κ3) is 3.60. The van der Waals surface area contributed by atoms with Crippen molar-refractivity contribution in [2.24, 2.45) is 11.7 Å². The van der Waals surface area contributed by atoms with Gasteiger partial charge in [-0.3, -0.25) is 9.59 Å². The Hall–Kier alpha value is -1.28. The van der Waals surface area contributed by atoms with Gasteiger partial charge in [0, 0.05) is 5.75 Å². The lowest BCUT2D eigenvalue weighted by molar-refractivity contribution is -0.151. The van der Waals surface area contributed by atoms with Crippen molar-refractivity contribution < 1.29 is 24.6 Å². The maximum atomic E-state index is 12.2. The maximum Gasteiger partial charge on any atom is 0.327 e. The minimum absolute atomic E-state index is 0.0651. The Bertz CT molecular complexity index is 387. The van der Waals surface area contributed by atoms with Crippen LogP contribution in [-0.2, 0) is 14.4 Å². The topological polar surface area (TPSA) is 121 Å². The van der Waals surface area contributed by atoms with Crippen LogP contribution in [0.2, 0.25) is 0 Å². The second-order valence-electron chi connectivity index (χ2n) is 4.77. The molecule has 4 N–H and O–H groups in total. The molecule has 1 saturated heterocycles. The molecular formula is C11H18N2O5S. The van der Waals surface area contributed by atoms with Gasteiger partial charge in [0.2, 0.25) is 5.91 Å². The van der Waals surface area contributed by atoms with E-state index in [-0.39, 0.29) is 11.3 Å². The molecule has 0 aliphatic carbocycles. The quantitative estimate of drug-likeness (QED) is 0.641. The van der Waals surface area contributed by atoms with Crippen molar-refractivity contribution in [1.82, 2.24) is 4.90 Å². The minimum atomic E-state index is -1.21. The molecule has 1 rings (SSSR count). The molecule has 1 amide bonds. The first-order valence-electron chi connectivity index (χ1n) is 5.89. The van der Waals surface area contributed by atoms with Crippen LogP contribution in [0.1, 0.15) is 20.3 Å². The zero-order valence-corrected chi connectivity index (χ0v) is 11.6. The molecule has 8 heteroatoms. The Balaban J connectivity index is 2.92. The molecule has 7 nitrogen and oxygen atoms in total. The van der Waals surface area contributed by atoms with E-state index in [0.29, 0.717) is 5.75 Å². The van der Waals surface area contributed by atoms with Crippen molar-refractivity contribution in [3.63, 3.8) is 0 Å². The van der Waals surface area contributed by atoms with E-state index in [9.17, 15) is 14.4 Å². The highest BCUT2D eigenvalue weighted by molar-refractivity contribution is 8.00. The van der Waals surface area contributed by atoms with Crippen molar-refractivity contribution in [1.29, 1.82) is 0 Å². The fraction of sp³-hybridized carbons (Fsp3) is 0.727. The maximum absolute atomic E-state index is 12.2. The summed E-state index contributed by atoms with van der Waals surface area (Å²) in [5, 5.41) is 17.5. The molecule has 0 radical (unpaired) electrons. The molecule has 1 heterocycles. The fourth-order valence-corrected chi connectivity index (χ4v) is 3.46. The van der Waals surface area contributed by atoms with Gasteiger partial charge >= 0.3 is 11.9 Å². The molecule has 0 aromatic heterocycles. The molecule has 19 heavy (non-hydrogen) atoms. The van der Waals surface area contributed by atoms with Gasteiger partial charge in [0.1, 0.15) is 6.04 Å². The van der Waals surface area contributed by atoms with Gasteiger partial charge in [0.15, 0.2) is 0 Å². The number of amides is 1. The summed E-state index contributed by atoms with van der Waals surface area (Å²) in [6.45, 7) is 3.76. The van der Waals surface area contributed by atoms with Gasteiger partial charge < -0.3 is 20.8 Å². The molecule has 0 saturated carbocycles. The molecule has 1 aliphatic rings. The average Bonchev–Trinajstić information content (AvgIpc) is 2.71. The Kier molecular flexibility index (Phi) is 5.19. The highest BCUT2D eigenvalue weighted by Crippen LogP contribution is 2.34. The number of thioether (sulfide) groups is 1. The van der Waals surface area contributed by atoms with Gasteiger partial charge in [-0.05, 0) is 5.92 Å². The molecule has 0 aromatic rings. The number of rotatable bonds is 5. The van der Waals surface area contributed by atoms with Crippen molar-refractivity contribution in [2.45, 2.75) is 37.7 Å². The van der Waals surface area contributed by atoms with E-state index in [1.54, 1.807) is 0 Å². The second-order valence-corrected chi connectivity index (χ2v) is 5.92. The number of carbonyl (C=O) groups excluding carboxylic acids is 1. The number of carboxylic acid groups (broad SMARTS) is 2. The van der Waals surface area contributed by atoms with Crippen LogP contribution in [0.4, 0.5) is 0 Å². The van der Waals surface area contributed by atoms with Gasteiger partial charge in [-0.15, -0.1) is 11.8 Å². The molecule has 0 aromatic carbocycles. The van der Waals surface area contributed by atoms with Crippen LogP contribution >= 0.6 is 11.8 Å². The largest absolute Gasteiger partial charge is 0.481 e. The summed E-state index contributed by atoms with van der Waals surface area (Å²) in [7, 11) is 0. The molecule has 1 aliphatic heterocycles. The molecule has 1 fully saturated rings. The van der Waals surface area contributed by atoms with Crippen molar-refractivity contribution in [2.75, 3.05) is 5.75 Å². The SMILES string of the molecule is CC(C)C1SCC(C(=O)O)N1C(=O)C(N)CC(=O)O. The first kappa shape index (κ1) is 15.8. The van der Waals surface area contributed by atoms with E-state index >= 15 is 0 Å². The summed E-state index contributed by atoms with van der Waals surface area (Å²) in [6, 6.07) is -2.15. The normalized spacial score (nSPS) is 24.5. The fourth-order valence-electron chi connectivity index (χ4n) is 1.98. The number of hydrogen-bond donors (Lipinski definition) is 3. The highest BCUT2D eigenvalue weighted by atomic mass is 32.2. The third-order valence-electron chi connectivity index (χ3n) is 2.86. The van der Waals surface area contributed by atoms with Crippen LogP contribution in [0, 0.1) is 5.92 Å². The molecule has 0 bridgehead atoms. The lowest BCUT2D eigenvalue weighted by Crippen LogP contribution is -2.53. The van der Waals surface area contributed by atoms with E-state index in [1.165, 1.54) is 16.7 Å². The number of nitrogens with zero attached hydrogens (tertiary/aromatic N) is 1. The predicted molar refractivity (Wildman–Crippen MR) is 69.6 cm³/mol. The van der Waals surface area contributed by atoms with E-state index in [1.807, 2.05) is 13.8 Å². The van der Waals surface area contributed by atoms with Crippen molar-refractivity contribution in [3.05, 3.63) is 0 Å². The van der Waals surface area contributed by atoms with Crippen molar-refractivity contribution >= 4 is 29.6 Å². The van der Waals surface area contributed by atoms with Crippen molar-refractivity contribution in [3.8, 4) is 0 Å². The Labute approximate surface area is 115 Å². The van der Waals surface area contributed by atoms with Gasteiger partial charge in [-0.2, -0.15) is 0 Å². The summed E-state index contributed by atoms with van der Waals surface area (Å²) < 4.78 is 0. The average molecular weight is 290 g/mol. The van der Waals surface area contributed by atoms with Crippen LogP contribution in [0.3, 0.4) is 0 Å². The summed E-state index contributed by atoms with van der Waals surface area (Å²) in [5.74, 6) is -2.52. The summed E-state index contributed by atoms with van der Waals surface area (Å²) in [6.07, 6.45) is -0.503. The number of carboxylic acids is 2. The third-order valence-corrected chi connectivity index (χ3v) is 4.48. The second kappa shape index (κ2) is 6.25. The number of nitrogens with two attached hydrogens (primary N) is 1. The van der Waals surface area contributed by atoms with E-state index in [0.717, 1.165) is 0 Å². The number of aliphatic carboxylic acids is 2. The monoisotopic (exact) mass is 290 g/mol. The van der Waals surface area contributed by atoms with Crippen LogP contribution in [0.25, 0.3) is 0 Å². The van der Waals surface area contributed by atoms with Crippen LogP contribution < -0.4 is 5.73 Å². The smallest absolute Gasteiger partial charge is 0.327 e. The molecule has 108 valence electrons. The van der Waals surface area contributed by atoms with E-state index < -0.39 is 36.4 Å². The van der Waals surface area contributed by atoms with Crippen LogP contribution in [0.15, 0.2) is 0 Å². The van der Waals surface area contributed by atoms with Crippen LogP contribution in [-0.4, -0.2) is 56.2 Å². The standard InChI is InChI=1S/C11H18N2O5S/c1-5(2)10-13(7(4-19-10)11(17)18)9(16)6(12)3-8(14)15/h5-7,10H,3-4,12H2,1-2H3,(H,14,15)(H,17,18). The minimum Gasteiger partial charge on any atom is -0.481 e. The highest BCUT2D eigenvalue weighted by Gasteiger charge is 2.44. The lowest BCUT2D eigenvalue weighted by Gasteiger charge is -2.31. The molecule has 0 spiro atoms. The van der Waals surface area contributed by atoms with E-state index in [4.69, 9.17) is 15.9 Å². The first-order valence-corrected chi connectivity index (χ1v) is 6.94. The molecule has 3 unspecified atom stereocenters. The zero-order chi connectivity index (χ0) is 14.7. The zero-order valence-electron chi connectivity index (χ0n) is 10.8. The van der Waals surface area contributed by atoms with E-state index in [2.05, 4.69) is 0 Å². The van der Waals surface area contributed by atoms with Gasteiger partial charge in [-0.1, -0.05) is 13.8 Å². The predicted octanol–water partition coefficient (Wildman–Crippen LogP) is -0.201. The Morgan fingerprint density at radius 2 is 1.95 bits per heavy atom. The lowest BCUT2D eigenvalue weighted by atomic mass is 10.1. The Morgan fingerprint density at radius 3 is 2.37 bits per heavy atom. The summed E-state index contributed by atoms with van der Waals surface area (Å²) in [4.78, 5) is 35.2. The van der Waals surface area contributed by atoms with Gasteiger partial charge in [0.25, 0.3) is 0 Å². The Morgan fingerprint density at radius 1 is 1.37 bits per heavy atom. The van der Waals surface area contributed by atoms with Gasteiger partial charge in [0.05, 0.1) is 17.8 Å².